The molecule has 0 saturated carbocycles. The predicted molar refractivity (Wildman–Crippen MR) is 19.7 cm³/mol. The monoisotopic (exact) mass is 107 g/mol. The van der Waals surface area contributed by atoms with Crippen LogP contribution in [0.4, 0.5) is 0 Å². The van der Waals surface area contributed by atoms with E-state index in [4.69, 9.17) is 5.11 Å². The molecule has 0 aromatic carbocycles. The Morgan fingerprint density at radius 2 is 2.14 bits per heavy atom. The van der Waals surface area contributed by atoms with Crippen LogP contribution in [0.15, 0.2) is 0 Å². The minimum Gasteiger partial charge on any atom is -0.371 e. The zero-order valence-electron chi connectivity index (χ0n) is 3.79. The highest BCUT2D eigenvalue weighted by Gasteiger charge is 1.79. The van der Waals surface area contributed by atoms with Gasteiger partial charge >= 0.3 is 0 Å². The molecule has 0 aliphatic carbocycles. The maximum atomic E-state index is 9.42. The molecule has 0 aliphatic rings. The van der Waals surface area contributed by atoms with E-state index in [9.17, 15) is 5.11 Å². The second-order valence-electron chi connectivity index (χ2n) is 0.773. The van der Waals surface area contributed by atoms with Gasteiger partial charge in [-0.2, -0.15) is 0 Å². The number of aliphatic hydroxyl groups excluding tert-OH is 1. The van der Waals surface area contributed by atoms with Crippen LogP contribution in [0.3, 0.4) is 0 Å². The fourth-order valence-electron chi connectivity index (χ4n) is 0.130. The molecule has 7 heavy (non-hydrogen) atoms. The second kappa shape index (κ2) is 5.84. The Morgan fingerprint density at radius 3 is 2.57 bits per heavy atom. The van der Waals surface area contributed by atoms with Gasteiger partial charge in [-0.15, -0.1) is 0 Å². The minimum absolute atomic E-state index is 0.125. The Hall–Kier alpha value is -0.160. The summed E-state index contributed by atoms with van der Waals surface area (Å²) >= 11 is 0. The topological polar surface area (TPSA) is 58.6 Å². The van der Waals surface area contributed by atoms with Gasteiger partial charge in [-0.05, 0) is 0 Å². The molecule has 0 saturated heterocycles. The SMILES string of the molecule is [O]COCOCO. The largest absolute Gasteiger partial charge is 0.371 e. The van der Waals surface area contributed by atoms with Crippen molar-refractivity contribution in [2.45, 2.75) is 0 Å². The predicted octanol–water partition coefficient (Wildman–Crippen LogP) is -0.685. The van der Waals surface area contributed by atoms with Crippen LogP contribution >= 0.6 is 0 Å². The maximum Gasteiger partial charge on any atom is 0.183 e. The van der Waals surface area contributed by atoms with Crippen molar-refractivity contribution in [3.05, 3.63) is 0 Å². The van der Waals surface area contributed by atoms with Crippen LogP contribution in [0.2, 0.25) is 0 Å². The zero-order valence-corrected chi connectivity index (χ0v) is 3.79. The van der Waals surface area contributed by atoms with Crippen molar-refractivity contribution in [1.29, 1.82) is 0 Å². The molecule has 43 valence electrons. The van der Waals surface area contributed by atoms with E-state index in [1.54, 1.807) is 0 Å². The summed E-state index contributed by atoms with van der Waals surface area (Å²) in [6.07, 6.45) is 0. The fourth-order valence-corrected chi connectivity index (χ4v) is 0.130. The van der Waals surface area contributed by atoms with Gasteiger partial charge in [0.25, 0.3) is 0 Å². The third kappa shape index (κ3) is 5.84. The molecule has 0 aliphatic heterocycles. The first kappa shape index (κ1) is 6.84. The van der Waals surface area contributed by atoms with E-state index in [0.29, 0.717) is 0 Å². The van der Waals surface area contributed by atoms with E-state index >= 15 is 0 Å². The van der Waals surface area contributed by atoms with Crippen LogP contribution in [-0.4, -0.2) is 25.5 Å². The van der Waals surface area contributed by atoms with Gasteiger partial charge in [-0.1, -0.05) is 0 Å². The summed E-state index contributed by atoms with van der Waals surface area (Å²) in [5.74, 6) is 0. The standard InChI is InChI=1S/C3H7O4/c4-1-6-3-7-2-5/h4H,1-3H2. The summed E-state index contributed by atoms with van der Waals surface area (Å²) < 4.78 is 8.34. The lowest BCUT2D eigenvalue weighted by Crippen LogP contribution is -2.00. The number of rotatable bonds is 4. The van der Waals surface area contributed by atoms with Crippen LogP contribution in [0.5, 0.6) is 0 Å². The Balaban J connectivity index is 2.45. The lowest BCUT2D eigenvalue weighted by molar-refractivity contribution is -0.156. The molecule has 4 heteroatoms. The van der Waals surface area contributed by atoms with Gasteiger partial charge in [-0.3, -0.25) is 0 Å². The van der Waals surface area contributed by atoms with Crippen molar-refractivity contribution in [2.75, 3.05) is 20.4 Å². The second-order valence-corrected chi connectivity index (χ2v) is 0.773. The van der Waals surface area contributed by atoms with Gasteiger partial charge < -0.3 is 14.6 Å². The number of hydrogen-bond donors (Lipinski definition) is 1. The highest BCUT2D eigenvalue weighted by molar-refractivity contribution is 3.94. The summed E-state index contributed by atoms with van der Waals surface area (Å²) in [7, 11) is 0. The van der Waals surface area contributed by atoms with Crippen molar-refractivity contribution in [3.63, 3.8) is 0 Å². The first-order chi connectivity index (χ1) is 3.41. The van der Waals surface area contributed by atoms with Gasteiger partial charge in [0.05, 0.1) is 0 Å². The van der Waals surface area contributed by atoms with Crippen molar-refractivity contribution >= 4 is 0 Å². The average molecular weight is 107 g/mol. The molecule has 0 aromatic heterocycles. The van der Waals surface area contributed by atoms with E-state index in [2.05, 4.69) is 9.47 Å². The molecule has 0 amide bonds. The summed E-state index contributed by atoms with van der Waals surface area (Å²) in [6, 6.07) is 0. The quantitative estimate of drug-likeness (QED) is 0.382. The Labute approximate surface area is 41.3 Å². The van der Waals surface area contributed by atoms with Crippen molar-refractivity contribution < 1.29 is 19.7 Å². The number of aliphatic hydroxyl groups is 1. The molecule has 0 atom stereocenters. The van der Waals surface area contributed by atoms with E-state index in [1.165, 1.54) is 0 Å². The summed E-state index contributed by atoms with van der Waals surface area (Å²) in [5, 5.41) is 17.3. The van der Waals surface area contributed by atoms with Gasteiger partial charge in [0.15, 0.2) is 13.6 Å². The van der Waals surface area contributed by atoms with Gasteiger partial charge in [-0.25, -0.2) is 5.11 Å². The number of ether oxygens (including phenoxy) is 2. The molecular formula is C3H7O4. The smallest absolute Gasteiger partial charge is 0.183 e. The summed E-state index contributed by atoms with van der Waals surface area (Å²) in [6.45, 7) is -1.15. The molecule has 0 bridgehead atoms. The molecule has 0 unspecified atom stereocenters. The molecule has 0 heterocycles. The van der Waals surface area contributed by atoms with Gasteiger partial charge in [0.1, 0.15) is 6.79 Å². The van der Waals surface area contributed by atoms with Crippen molar-refractivity contribution in [2.24, 2.45) is 0 Å². The Morgan fingerprint density at radius 1 is 1.43 bits per heavy atom. The average Bonchev–Trinajstić information content (AvgIpc) is 1.69. The lowest BCUT2D eigenvalue weighted by atomic mass is 11.3. The molecule has 0 rings (SSSR count). The fraction of sp³-hybridized carbons (Fsp3) is 1.00. The molecule has 0 aromatic rings. The molecule has 0 fully saturated rings. The Kier molecular flexibility index (Phi) is 5.71. The summed E-state index contributed by atoms with van der Waals surface area (Å²) in [5.41, 5.74) is 0. The van der Waals surface area contributed by atoms with Crippen LogP contribution in [0, 0.1) is 0 Å². The van der Waals surface area contributed by atoms with Crippen LogP contribution in [0.1, 0.15) is 0 Å². The van der Waals surface area contributed by atoms with Crippen LogP contribution in [0.25, 0.3) is 0 Å². The van der Waals surface area contributed by atoms with Crippen LogP contribution < -0.4 is 0 Å². The minimum atomic E-state index is -0.625. The first-order valence-electron chi connectivity index (χ1n) is 1.76. The van der Waals surface area contributed by atoms with Crippen molar-refractivity contribution in [1.82, 2.24) is 0 Å². The van der Waals surface area contributed by atoms with E-state index < -0.39 is 13.6 Å². The third-order valence-electron chi connectivity index (χ3n) is 0.341. The first-order valence-corrected chi connectivity index (χ1v) is 1.76. The molecule has 1 N–H and O–H groups in total. The van der Waals surface area contributed by atoms with Crippen LogP contribution in [-0.2, 0) is 14.6 Å². The molecule has 0 spiro atoms. The van der Waals surface area contributed by atoms with Crippen molar-refractivity contribution in [3.8, 4) is 0 Å². The maximum absolute atomic E-state index is 9.42. The lowest BCUT2D eigenvalue weighted by Gasteiger charge is -1.95. The highest BCUT2D eigenvalue weighted by Crippen LogP contribution is 1.71. The zero-order chi connectivity index (χ0) is 5.54. The van der Waals surface area contributed by atoms with Gasteiger partial charge in [0.2, 0.25) is 0 Å². The highest BCUT2D eigenvalue weighted by atomic mass is 16.7. The molecular weight excluding hydrogens is 100 g/mol. The Bertz CT molecular complexity index is 26.1. The number of hydrogen-bond acceptors (Lipinski definition) is 3. The van der Waals surface area contributed by atoms with E-state index in [0.717, 1.165) is 0 Å². The normalized spacial score (nSPS) is 9.43. The summed E-state index contributed by atoms with van der Waals surface area (Å²) in [4.78, 5) is 0. The molecule has 4 nitrogen and oxygen atoms in total. The third-order valence-corrected chi connectivity index (χ3v) is 0.341. The van der Waals surface area contributed by atoms with Gasteiger partial charge in [0, 0.05) is 0 Å². The molecule has 1 radical (unpaired) electrons. The van der Waals surface area contributed by atoms with E-state index in [1.807, 2.05) is 0 Å². The van der Waals surface area contributed by atoms with E-state index in [-0.39, 0.29) is 6.79 Å².